The molecule has 0 fully saturated rings. The first-order valence-electron chi connectivity index (χ1n) is 4.40. The Morgan fingerprint density at radius 3 is 1.29 bits per heavy atom. The van der Waals surface area contributed by atoms with Crippen LogP contribution in [0.5, 0.6) is 0 Å². The van der Waals surface area contributed by atoms with Crippen LogP contribution >= 0.6 is 0 Å². The molecule has 14 heavy (non-hydrogen) atoms. The second-order valence-corrected chi connectivity index (χ2v) is 2.97. The van der Waals surface area contributed by atoms with Crippen LogP contribution < -0.4 is 0 Å². The topological polar surface area (TPSA) is 0 Å². The summed E-state index contributed by atoms with van der Waals surface area (Å²) in [6.07, 6.45) is 2.17. The number of hydrogen-bond acceptors (Lipinski definition) is 0. The summed E-state index contributed by atoms with van der Waals surface area (Å²) in [5.74, 6) is 0. The van der Waals surface area contributed by atoms with Gasteiger partial charge in [-0.25, -0.2) is 0 Å². The van der Waals surface area contributed by atoms with Gasteiger partial charge in [0.1, 0.15) is 0 Å². The van der Waals surface area contributed by atoms with Crippen molar-refractivity contribution in [3.63, 3.8) is 0 Å². The summed E-state index contributed by atoms with van der Waals surface area (Å²) in [7, 11) is 0. The van der Waals surface area contributed by atoms with Gasteiger partial charge in [-0.3, -0.25) is 0 Å². The van der Waals surface area contributed by atoms with Gasteiger partial charge in [0.2, 0.25) is 0 Å². The Morgan fingerprint density at radius 1 is 0.571 bits per heavy atom. The number of hydrogen-bond donors (Lipinski definition) is 0. The van der Waals surface area contributed by atoms with E-state index in [-0.39, 0.29) is 25.8 Å². The van der Waals surface area contributed by atoms with E-state index in [2.05, 4.69) is 55.0 Å². The Hall–Kier alpha value is -0.690. The molecule has 0 amide bonds. The molecular formula is C13H11Hf. The normalized spacial score (nSPS) is 9.14. The third kappa shape index (κ3) is 3.22. The van der Waals surface area contributed by atoms with E-state index in [1.165, 1.54) is 11.1 Å². The van der Waals surface area contributed by atoms with Crippen LogP contribution in [0.2, 0.25) is 0 Å². The maximum atomic E-state index is 2.17. The fourth-order valence-corrected chi connectivity index (χ4v) is 1.29. The van der Waals surface area contributed by atoms with Crippen molar-refractivity contribution >= 4 is 0 Å². The van der Waals surface area contributed by atoms with Gasteiger partial charge in [0.15, 0.2) is 0 Å². The summed E-state index contributed by atoms with van der Waals surface area (Å²) in [5, 5.41) is 0. The van der Waals surface area contributed by atoms with Crippen molar-refractivity contribution in [3.8, 4) is 0 Å². The van der Waals surface area contributed by atoms with Crippen molar-refractivity contribution in [1.29, 1.82) is 0 Å². The van der Waals surface area contributed by atoms with Crippen LogP contribution in [0.3, 0.4) is 0 Å². The van der Waals surface area contributed by atoms with Gasteiger partial charge >= 0.3 is 0 Å². The minimum atomic E-state index is 0. The van der Waals surface area contributed by atoms with Gasteiger partial charge < -0.3 is 0 Å². The summed E-state index contributed by atoms with van der Waals surface area (Å²) < 4.78 is 0. The smallest absolute Gasteiger partial charge is 0.0199 e. The number of rotatable bonds is 2. The van der Waals surface area contributed by atoms with Crippen LogP contribution in [0.25, 0.3) is 0 Å². The molecule has 0 nitrogen and oxygen atoms in total. The van der Waals surface area contributed by atoms with Crippen molar-refractivity contribution in [2.24, 2.45) is 0 Å². The Labute approximate surface area is 104 Å². The van der Waals surface area contributed by atoms with Crippen LogP contribution in [-0.2, 0) is 25.8 Å². The van der Waals surface area contributed by atoms with Gasteiger partial charge in [-0.1, -0.05) is 60.7 Å². The van der Waals surface area contributed by atoms with Crippen molar-refractivity contribution < 1.29 is 25.8 Å². The summed E-state index contributed by atoms with van der Waals surface area (Å²) in [6.45, 7) is 0. The standard InChI is InChI=1S/C13H11.Hf/c1-3-7-12(8-4-1)11-13-9-5-2-6-10-13;/h1-11H;. The predicted octanol–water partition coefficient (Wildman–Crippen LogP) is 3.28. The maximum absolute atomic E-state index is 2.17. The molecule has 0 N–H and O–H groups in total. The van der Waals surface area contributed by atoms with Crippen LogP contribution in [0.15, 0.2) is 60.7 Å². The summed E-state index contributed by atoms with van der Waals surface area (Å²) in [5.41, 5.74) is 2.49. The molecule has 0 aliphatic rings. The molecule has 2 rings (SSSR count). The zero-order valence-corrected chi connectivity index (χ0v) is 11.4. The zero-order chi connectivity index (χ0) is 8.93. The van der Waals surface area contributed by atoms with Crippen molar-refractivity contribution in [1.82, 2.24) is 0 Å². The third-order valence-electron chi connectivity index (χ3n) is 1.93. The first-order valence-corrected chi connectivity index (χ1v) is 4.40. The van der Waals surface area contributed by atoms with Gasteiger partial charge in [0.05, 0.1) is 0 Å². The molecule has 1 radical (unpaired) electrons. The van der Waals surface area contributed by atoms with Gasteiger partial charge in [-0.15, -0.1) is 0 Å². The molecule has 0 atom stereocenters. The Balaban J connectivity index is 0.000000980. The van der Waals surface area contributed by atoms with E-state index in [1.807, 2.05) is 12.1 Å². The van der Waals surface area contributed by atoms with E-state index in [0.29, 0.717) is 0 Å². The predicted molar refractivity (Wildman–Crippen MR) is 55.4 cm³/mol. The largest absolute Gasteiger partial charge is 0.0622 e. The van der Waals surface area contributed by atoms with Crippen molar-refractivity contribution in [2.75, 3.05) is 0 Å². The van der Waals surface area contributed by atoms with Crippen LogP contribution in [0, 0.1) is 6.42 Å². The molecule has 0 bridgehead atoms. The minimum absolute atomic E-state index is 0. The molecule has 0 aromatic heterocycles. The molecule has 0 unspecified atom stereocenters. The second kappa shape index (κ2) is 5.92. The maximum Gasteiger partial charge on any atom is 0.0199 e. The number of benzene rings is 2. The molecule has 67 valence electrons. The van der Waals surface area contributed by atoms with Gasteiger partial charge in [0, 0.05) is 32.3 Å². The average molecular weight is 346 g/mol. The first-order chi connectivity index (χ1) is 6.45. The molecule has 2 aromatic carbocycles. The van der Waals surface area contributed by atoms with E-state index >= 15 is 0 Å². The van der Waals surface area contributed by atoms with E-state index in [9.17, 15) is 0 Å². The molecule has 2 aromatic rings. The molecule has 0 aliphatic heterocycles. The SMILES string of the molecule is [CH](c1ccccc1)c1ccccc1.[Hf]. The molecular weight excluding hydrogens is 335 g/mol. The van der Waals surface area contributed by atoms with E-state index in [4.69, 9.17) is 0 Å². The average Bonchev–Trinajstić information content (AvgIpc) is 2.21. The molecule has 0 spiro atoms. The monoisotopic (exact) mass is 347 g/mol. The summed E-state index contributed by atoms with van der Waals surface area (Å²) >= 11 is 0. The van der Waals surface area contributed by atoms with Gasteiger partial charge in [-0.05, 0) is 11.1 Å². The Morgan fingerprint density at radius 2 is 0.929 bits per heavy atom. The summed E-state index contributed by atoms with van der Waals surface area (Å²) in [4.78, 5) is 0. The molecule has 0 saturated heterocycles. The van der Waals surface area contributed by atoms with E-state index in [0.717, 1.165) is 0 Å². The molecule has 0 aliphatic carbocycles. The molecule has 0 saturated carbocycles. The zero-order valence-electron chi connectivity index (χ0n) is 7.85. The minimum Gasteiger partial charge on any atom is -0.0622 e. The van der Waals surface area contributed by atoms with Crippen LogP contribution in [-0.4, -0.2) is 0 Å². The van der Waals surface area contributed by atoms with Gasteiger partial charge in [-0.2, -0.15) is 0 Å². The van der Waals surface area contributed by atoms with Gasteiger partial charge in [0.25, 0.3) is 0 Å². The third-order valence-corrected chi connectivity index (χ3v) is 1.93. The van der Waals surface area contributed by atoms with E-state index < -0.39 is 0 Å². The Bertz CT molecular complexity index is 316. The summed E-state index contributed by atoms with van der Waals surface area (Å²) in [6, 6.07) is 20.7. The Kier molecular flexibility index (Phi) is 4.81. The first kappa shape index (κ1) is 11.4. The van der Waals surface area contributed by atoms with E-state index in [1.54, 1.807) is 0 Å². The second-order valence-electron chi connectivity index (χ2n) is 2.97. The molecule has 1 heteroatoms. The van der Waals surface area contributed by atoms with Crippen molar-refractivity contribution in [3.05, 3.63) is 78.2 Å². The fraction of sp³-hybridized carbons (Fsp3) is 0. The van der Waals surface area contributed by atoms with Crippen LogP contribution in [0.1, 0.15) is 11.1 Å². The molecule has 0 heterocycles. The van der Waals surface area contributed by atoms with Crippen molar-refractivity contribution in [2.45, 2.75) is 0 Å². The fourth-order valence-electron chi connectivity index (χ4n) is 1.29. The van der Waals surface area contributed by atoms with Crippen LogP contribution in [0.4, 0.5) is 0 Å². The quantitative estimate of drug-likeness (QED) is 0.733.